The maximum atomic E-state index is 10.7. The summed E-state index contributed by atoms with van der Waals surface area (Å²) >= 11 is 0. The second-order valence-corrected chi connectivity index (χ2v) is 15.5. The van der Waals surface area contributed by atoms with E-state index >= 15 is 0 Å². The minimum absolute atomic E-state index is 1.45. The van der Waals surface area contributed by atoms with Crippen LogP contribution in [0, 0.1) is 0 Å². The Bertz CT molecular complexity index is 328. The third-order valence-corrected chi connectivity index (χ3v) is 2.75. The van der Waals surface area contributed by atoms with E-state index < -0.39 is 32.3 Å². The van der Waals surface area contributed by atoms with E-state index in [1.54, 1.807) is 0 Å². The van der Waals surface area contributed by atoms with Gasteiger partial charge in [-0.25, -0.2) is 0 Å². The monoisotopic (exact) mass is 328 g/mol. The molecule has 0 heterocycles. The maximum Gasteiger partial charge on any atom is 0.522 e. The van der Waals surface area contributed by atoms with Gasteiger partial charge in [0.15, 0.2) is 0 Å². The highest BCUT2D eigenvalue weighted by molar-refractivity contribution is 7.86. The predicted molar refractivity (Wildman–Crippen MR) is 66.5 cm³/mol. The van der Waals surface area contributed by atoms with Crippen LogP contribution in [0.4, 0.5) is 13.2 Å². The largest absolute Gasteiger partial charge is 0.522 e. The molecular weight excluding hydrogens is 309 g/mol. The van der Waals surface area contributed by atoms with E-state index in [1.807, 2.05) is 0 Å². The van der Waals surface area contributed by atoms with Crippen molar-refractivity contribution in [2.75, 3.05) is 0 Å². The van der Waals surface area contributed by atoms with Crippen LogP contribution in [0.25, 0.3) is 0 Å². The second kappa shape index (κ2) is 6.47. The average Bonchev–Trinajstić information content (AvgIpc) is 1.95. The van der Waals surface area contributed by atoms with E-state index in [0.29, 0.717) is 0 Å². The molecule has 0 aromatic heterocycles. The van der Waals surface area contributed by atoms with Gasteiger partial charge in [0, 0.05) is 0 Å². The van der Waals surface area contributed by atoms with Crippen molar-refractivity contribution in [1.82, 2.24) is 0 Å². The molecule has 0 amide bonds. The zero-order valence-electron chi connectivity index (χ0n) is 11.1. The lowest BCUT2D eigenvalue weighted by Gasteiger charge is -2.22. The second-order valence-electron chi connectivity index (χ2n) is 5.31. The number of halogens is 3. The Morgan fingerprint density at radius 1 is 0.889 bits per heavy atom. The van der Waals surface area contributed by atoms with Crippen LogP contribution in [0.5, 0.6) is 0 Å². The highest BCUT2D eigenvalue weighted by Crippen LogP contribution is 2.20. The summed E-state index contributed by atoms with van der Waals surface area (Å²) in [6, 6.07) is 0. The van der Waals surface area contributed by atoms with Gasteiger partial charge in [0.1, 0.15) is 0 Å². The molecule has 112 valence electrons. The standard InChI is InChI=1S/C6H18O2Si2.CHF3O3S/c1-9(2,3)7-8-10(4,5)6;2-1(3,4)8(5,6)7/h1-6H3;(H,5,6,7). The SMILES string of the molecule is C[Si](C)(C)OO[Si](C)(C)C.O=S(=O)(O)C(F)(F)F. The van der Waals surface area contributed by atoms with Gasteiger partial charge >= 0.3 is 15.6 Å². The summed E-state index contributed by atoms with van der Waals surface area (Å²) in [5.41, 5.74) is -5.53. The molecule has 0 atom stereocenters. The lowest BCUT2D eigenvalue weighted by atomic mass is 11.6. The molecule has 0 aromatic carbocycles. The van der Waals surface area contributed by atoms with Crippen LogP contribution in [-0.2, 0) is 19.3 Å². The molecule has 0 aliphatic carbocycles. The molecule has 5 nitrogen and oxygen atoms in total. The maximum absolute atomic E-state index is 10.7. The number of alkyl halides is 3. The summed E-state index contributed by atoms with van der Waals surface area (Å²) in [6.45, 7) is 12.7. The molecule has 0 bridgehead atoms. The summed E-state index contributed by atoms with van der Waals surface area (Å²) in [5, 5.41) is 0. The third kappa shape index (κ3) is 14.1. The summed E-state index contributed by atoms with van der Waals surface area (Å²) in [4.78, 5) is 0. The van der Waals surface area contributed by atoms with E-state index in [1.165, 1.54) is 0 Å². The molecule has 0 unspecified atom stereocenters. The van der Waals surface area contributed by atoms with Crippen molar-refractivity contribution in [3.05, 3.63) is 0 Å². The van der Waals surface area contributed by atoms with Crippen molar-refractivity contribution < 1.29 is 35.3 Å². The van der Waals surface area contributed by atoms with Gasteiger partial charge < -0.3 is 0 Å². The normalized spacial score (nSPS) is 13.9. The minimum Gasteiger partial charge on any atom is -0.298 e. The molecule has 0 aliphatic heterocycles. The Balaban J connectivity index is 0. The van der Waals surface area contributed by atoms with Crippen molar-refractivity contribution in [3.63, 3.8) is 0 Å². The molecule has 0 saturated carbocycles. The van der Waals surface area contributed by atoms with Crippen LogP contribution < -0.4 is 0 Å². The van der Waals surface area contributed by atoms with Crippen LogP contribution in [0.2, 0.25) is 39.3 Å². The third-order valence-electron chi connectivity index (χ3n) is 0.834. The Kier molecular flexibility index (Phi) is 7.33. The van der Waals surface area contributed by atoms with E-state index in [-0.39, 0.29) is 0 Å². The van der Waals surface area contributed by atoms with Gasteiger partial charge in [0.25, 0.3) is 0 Å². The summed E-state index contributed by atoms with van der Waals surface area (Å²) < 4.78 is 68.1. The summed E-state index contributed by atoms with van der Waals surface area (Å²) in [5.74, 6) is 0. The first-order valence-corrected chi connectivity index (χ1v) is 13.1. The Labute approximate surface area is 107 Å². The predicted octanol–water partition coefficient (Wildman–Crippen LogP) is 3.00. The zero-order valence-corrected chi connectivity index (χ0v) is 13.9. The molecule has 0 aromatic rings. The van der Waals surface area contributed by atoms with E-state index in [4.69, 9.17) is 22.1 Å². The van der Waals surface area contributed by atoms with Crippen LogP contribution >= 0.6 is 0 Å². The van der Waals surface area contributed by atoms with Gasteiger partial charge in [0.05, 0.1) is 0 Å². The zero-order chi connectivity index (χ0) is 15.4. The van der Waals surface area contributed by atoms with Crippen molar-refractivity contribution in [2.24, 2.45) is 0 Å². The van der Waals surface area contributed by atoms with Gasteiger partial charge in [0.2, 0.25) is 16.6 Å². The van der Waals surface area contributed by atoms with Gasteiger partial charge in [-0.1, -0.05) is 0 Å². The summed E-state index contributed by atoms with van der Waals surface area (Å²) in [6.07, 6.45) is 0. The van der Waals surface area contributed by atoms with Crippen LogP contribution in [0.3, 0.4) is 0 Å². The molecule has 0 spiro atoms. The van der Waals surface area contributed by atoms with E-state index in [2.05, 4.69) is 39.3 Å². The van der Waals surface area contributed by atoms with Gasteiger partial charge in [-0.2, -0.15) is 21.6 Å². The molecule has 18 heavy (non-hydrogen) atoms. The molecular formula is C7H19F3O5SSi2. The van der Waals surface area contributed by atoms with Crippen LogP contribution in [0.15, 0.2) is 0 Å². The highest BCUT2D eigenvalue weighted by Gasteiger charge is 2.44. The number of hydrogen-bond donors (Lipinski definition) is 1. The van der Waals surface area contributed by atoms with Gasteiger partial charge in [-0.05, 0) is 39.3 Å². The first-order valence-electron chi connectivity index (χ1n) is 4.86. The van der Waals surface area contributed by atoms with E-state index in [0.717, 1.165) is 0 Å². The average molecular weight is 328 g/mol. The Morgan fingerprint density at radius 3 is 1.11 bits per heavy atom. The molecule has 0 aliphatic rings. The fourth-order valence-corrected chi connectivity index (χ4v) is 2.25. The summed E-state index contributed by atoms with van der Waals surface area (Å²) in [7, 11) is -8.75. The smallest absolute Gasteiger partial charge is 0.298 e. The molecule has 11 heteroatoms. The van der Waals surface area contributed by atoms with Crippen molar-refractivity contribution in [2.45, 2.75) is 44.8 Å². The number of rotatable bonds is 3. The fraction of sp³-hybridized carbons (Fsp3) is 1.00. The van der Waals surface area contributed by atoms with Gasteiger partial charge in [-0.3, -0.25) is 13.7 Å². The first-order chi connectivity index (χ1) is 7.46. The van der Waals surface area contributed by atoms with Crippen molar-refractivity contribution in [3.8, 4) is 0 Å². The highest BCUT2D eigenvalue weighted by atomic mass is 32.2. The lowest BCUT2D eigenvalue weighted by molar-refractivity contribution is -0.122. The first kappa shape index (κ1) is 20.4. The van der Waals surface area contributed by atoms with Crippen molar-refractivity contribution >= 4 is 26.8 Å². The lowest BCUT2D eigenvalue weighted by Crippen LogP contribution is -2.34. The number of hydrogen-bond acceptors (Lipinski definition) is 4. The molecule has 1 N–H and O–H groups in total. The molecule has 0 fully saturated rings. The Hall–Kier alpha value is 0.0538. The van der Waals surface area contributed by atoms with E-state index in [9.17, 15) is 13.2 Å². The van der Waals surface area contributed by atoms with Crippen molar-refractivity contribution in [1.29, 1.82) is 0 Å². The minimum atomic E-state index is -5.84. The molecule has 0 radical (unpaired) electrons. The van der Waals surface area contributed by atoms with Crippen LogP contribution in [0.1, 0.15) is 0 Å². The van der Waals surface area contributed by atoms with Crippen LogP contribution in [-0.4, -0.2) is 35.1 Å². The molecule has 0 saturated heterocycles. The fourth-order valence-electron chi connectivity index (χ4n) is 0.250. The topological polar surface area (TPSA) is 72.8 Å². The van der Waals surface area contributed by atoms with Gasteiger partial charge in [-0.15, -0.1) is 0 Å². The molecule has 0 rings (SSSR count). The quantitative estimate of drug-likeness (QED) is 0.283. The Morgan fingerprint density at radius 2 is 1.06 bits per heavy atom.